The molecule has 0 aliphatic carbocycles. The highest BCUT2D eigenvalue weighted by Gasteiger charge is 2.34. The summed E-state index contributed by atoms with van der Waals surface area (Å²) in [5, 5.41) is 0. The van der Waals surface area contributed by atoms with Crippen molar-refractivity contribution in [1.82, 2.24) is 9.21 Å². The van der Waals surface area contributed by atoms with Gasteiger partial charge in [0, 0.05) is 26.7 Å². The average molecular weight is 419 g/mol. The molecule has 0 spiro atoms. The van der Waals surface area contributed by atoms with E-state index in [0.29, 0.717) is 25.9 Å². The Balaban J connectivity index is 1.70. The van der Waals surface area contributed by atoms with Gasteiger partial charge in [-0.15, -0.1) is 0 Å². The lowest BCUT2D eigenvalue weighted by Crippen LogP contribution is -2.45. The van der Waals surface area contributed by atoms with Gasteiger partial charge in [0.15, 0.2) is 0 Å². The summed E-state index contributed by atoms with van der Waals surface area (Å²) in [5.41, 5.74) is 3.39. The van der Waals surface area contributed by atoms with Crippen molar-refractivity contribution in [2.24, 2.45) is 5.92 Å². The Hall–Kier alpha value is -2.25. The summed E-state index contributed by atoms with van der Waals surface area (Å²) in [6, 6.07) is 10.9. The minimum atomic E-state index is -3.75. The summed E-state index contributed by atoms with van der Waals surface area (Å²) in [4.78, 5) is 14.7. The predicted molar refractivity (Wildman–Crippen MR) is 110 cm³/mol. The van der Waals surface area contributed by atoms with Crippen molar-refractivity contribution in [1.29, 1.82) is 0 Å². The van der Waals surface area contributed by atoms with Gasteiger partial charge in [-0.25, -0.2) is 12.8 Å². The zero-order valence-corrected chi connectivity index (χ0v) is 17.9. The molecule has 1 amide bonds. The zero-order chi connectivity index (χ0) is 21.2. The van der Waals surface area contributed by atoms with E-state index >= 15 is 0 Å². The topological polar surface area (TPSA) is 57.7 Å². The van der Waals surface area contributed by atoms with Crippen molar-refractivity contribution < 1.29 is 17.6 Å². The summed E-state index contributed by atoms with van der Waals surface area (Å²) in [7, 11) is -1.99. The molecule has 29 heavy (non-hydrogen) atoms. The average Bonchev–Trinajstić information content (AvgIpc) is 2.70. The number of hydrogen-bond donors (Lipinski definition) is 0. The number of amides is 1. The molecule has 1 aliphatic heterocycles. The number of rotatable bonds is 5. The molecule has 0 saturated carbocycles. The molecule has 0 bridgehead atoms. The van der Waals surface area contributed by atoms with Crippen LogP contribution in [0.2, 0.25) is 0 Å². The van der Waals surface area contributed by atoms with Gasteiger partial charge in [0.2, 0.25) is 15.9 Å². The Morgan fingerprint density at radius 2 is 1.86 bits per heavy atom. The summed E-state index contributed by atoms with van der Waals surface area (Å²) in [6.07, 6.45) is 1.28. The fourth-order valence-electron chi connectivity index (χ4n) is 3.79. The maximum absolute atomic E-state index is 13.1. The van der Waals surface area contributed by atoms with Crippen molar-refractivity contribution in [2.45, 2.75) is 38.1 Å². The molecular weight excluding hydrogens is 391 g/mol. The van der Waals surface area contributed by atoms with Crippen LogP contribution in [0.25, 0.3) is 0 Å². The number of hydrogen-bond acceptors (Lipinski definition) is 3. The van der Waals surface area contributed by atoms with Gasteiger partial charge in [0.1, 0.15) is 5.82 Å². The Morgan fingerprint density at radius 3 is 2.52 bits per heavy atom. The number of carbonyl (C=O) groups excluding carboxylic acids is 1. The SMILES string of the molecule is Cc1ccc(CN(C)C(=O)C2CCCN(S(=O)(=O)c3ccc(F)cc3)C2)c(C)c1. The van der Waals surface area contributed by atoms with Crippen LogP contribution < -0.4 is 0 Å². The van der Waals surface area contributed by atoms with Gasteiger partial charge >= 0.3 is 0 Å². The van der Waals surface area contributed by atoms with Crippen LogP contribution in [-0.2, 0) is 21.4 Å². The van der Waals surface area contributed by atoms with E-state index in [2.05, 4.69) is 6.07 Å². The van der Waals surface area contributed by atoms with Crippen molar-refractivity contribution >= 4 is 15.9 Å². The van der Waals surface area contributed by atoms with Crippen LogP contribution in [0.5, 0.6) is 0 Å². The first-order valence-corrected chi connectivity index (χ1v) is 11.2. The van der Waals surface area contributed by atoms with E-state index in [9.17, 15) is 17.6 Å². The molecule has 1 aliphatic rings. The molecule has 2 aromatic rings. The maximum Gasteiger partial charge on any atom is 0.243 e. The Kier molecular flexibility index (Phi) is 6.39. The molecule has 1 saturated heterocycles. The van der Waals surface area contributed by atoms with Crippen LogP contribution in [-0.4, -0.2) is 43.7 Å². The van der Waals surface area contributed by atoms with Gasteiger partial charge in [-0.2, -0.15) is 4.31 Å². The lowest BCUT2D eigenvalue weighted by molar-refractivity contribution is -0.135. The largest absolute Gasteiger partial charge is 0.341 e. The summed E-state index contributed by atoms with van der Waals surface area (Å²) < 4.78 is 40.3. The van der Waals surface area contributed by atoms with Gasteiger partial charge in [-0.05, 0) is 62.1 Å². The molecule has 2 aromatic carbocycles. The highest BCUT2D eigenvalue weighted by Crippen LogP contribution is 2.25. The fourth-order valence-corrected chi connectivity index (χ4v) is 5.31. The minimum absolute atomic E-state index is 0.0515. The first-order valence-electron chi connectivity index (χ1n) is 9.75. The molecule has 1 atom stereocenters. The normalized spacial score (nSPS) is 17.9. The van der Waals surface area contributed by atoms with E-state index in [4.69, 9.17) is 0 Å². The van der Waals surface area contributed by atoms with Crippen LogP contribution in [0.1, 0.15) is 29.5 Å². The van der Waals surface area contributed by atoms with E-state index in [1.165, 1.54) is 22.0 Å². The minimum Gasteiger partial charge on any atom is -0.341 e. The van der Waals surface area contributed by atoms with Crippen molar-refractivity contribution in [3.05, 3.63) is 65.0 Å². The lowest BCUT2D eigenvalue weighted by Gasteiger charge is -2.33. The Bertz CT molecular complexity index is 990. The molecule has 1 unspecified atom stereocenters. The quantitative estimate of drug-likeness (QED) is 0.747. The molecule has 1 heterocycles. The second kappa shape index (κ2) is 8.63. The molecule has 7 heteroatoms. The fraction of sp³-hybridized carbons (Fsp3) is 0.409. The number of piperidine rings is 1. The lowest BCUT2D eigenvalue weighted by atomic mass is 9.97. The van der Waals surface area contributed by atoms with Crippen molar-refractivity contribution in [2.75, 3.05) is 20.1 Å². The Morgan fingerprint density at radius 1 is 1.17 bits per heavy atom. The molecule has 5 nitrogen and oxygen atoms in total. The van der Waals surface area contributed by atoms with Gasteiger partial charge in [-0.1, -0.05) is 23.8 Å². The molecular formula is C22H27FN2O3S. The molecule has 0 radical (unpaired) electrons. The third-order valence-electron chi connectivity index (χ3n) is 5.47. The highest BCUT2D eigenvalue weighted by atomic mass is 32.2. The van der Waals surface area contributed by atoms with Crippen LogP contribution in [0.4, 0.5) is 4.39 Å². The third-order valence-corrected chi connectivity index (χ3v) is 7.35. The Labute approximate surface area is 172 Å². The van der Waals surface area contributed by atoms with Crippen LogP contribution >= 0.6 is 0 Å². The number of benzene rings is 2. The molecule has 1 fully saturated rings. The first-order chi connectivity index (χ1) is 13.7. The van der Waals surface area contributed by atoms with Gasteiger partial charge < -0.3 is 4.90 Å². The number of nitrogens with zero attached hydrogens (tertiary/aromatic N) is 2. The molecule has 3 rings (SSSR count). The zero-order valence-electron chi connectivity index (χ0n) is 17.1. The van der Waals surface area contributed by atoms with Gasteiger partial charge in [-0.3, -0.25) is 4.79 Å². The first kappa shape index (κ1) is 21.5. The van der Waals surface area contributed by atoms with Crippen LogP contribution in [0, 0.1) is 25.6 Å². The predicted octanol–water partition coefficient (Wildman–Crippen LogP) is 3.50. The number of carbonyl (C=O) groups is 1. The van der Waals surface area contributed by atoms with Crippen molar-refractivity contribution in [3.63, 3.8) is 0 Å². The van der Waals surface area contributed by atoms with Crippen molar-refractivity contribution in [3.8, 4) is 0 Å². The summed E-state index contributed by atoms with van der Waals surface area (Å²) in [5.74, 6) is -0.914. The standard InChI is InChI=1S/C22H27FN2O3S/c1-16-6-7-18(17(2)13-16)14-24(3)22(26)19-5-4-12-25(15-19)29(27,28)21-10-8-20(23)9-11-21/h6-11,13,19H,4-5,12,14-15H2,1-3H3. The number of aryl methyl sites for hydroxylation is 2. The van der Waals surface area contributed by atoms with E-state index < -0.39 is 15.8 Å². The number of sulfonamides is 1. The molecule has 0 N–H and O–H groups in total. The van der Waals surface area contributed by atoms with Crippen LogP contribution in [0.15, 0.2) is 47.4 Å². The van der Waals surface area contributed by atoms with E-state index in [1.807, 2.05) is 26.0 Å². The van der Waals surface area contributed by atoms with E-state index in [1.54, 1.807) is 11.9 Å². The van der Waals surface area contributed by atoms with Gasteiger partial charge in [0.25, 0.3) is 0 Å². The smallest absolute Gasteiger partial charge is 0.243 e. The van der Waals surface area contributed by atoms with E-state index in [-0.39, 0.29) is 23.3 Å². The number of halogens is 1. The summed E-state index contributed by atoms with van der Waals surface area (Å²) >= 11 is 0. The maximum atomic E-state index is 13.1. The van der Waals surface area contributed by atoms with Crippen LogP contribution in [0.3, 0.4) is 0 Å². The molecule has 0 aromatic heterocycles. The van der Waals surface area contributed by atoms with Gasteiger partial charge in [0.05, 0.1) is 10.8 Å². The monoisotopic (exact) mass is 418 g/mol. The second-order valence-electron chi connectivity index (χ2n) is 7.78. The second-order valence-corrected chi connectivity index (χ2v) is 9.72. The third kappa shape index (κ3) is 4.85. The molecule has 156 valence electrons. The van der Waals surface area contributed by atoms with E-state index in [0.717, 1.165) is 23.3 Å². The highest BCUT2D eigenvalue weighted by molar-refractivity contribution is 7.89. The summed E-state index contributed by atoms with van der Waals surface area (Å²) in [6.45, 7) is 5.06.